The Morgan fingerprint density at radius 2 is 2.17 bits per heavy atom. The minimum Gasteiger partial charge on any atom is -0.377 e. The summed E-state index contributed by atoms with van der Waals surface area (Å²) in [6.07, 6.45) is 2.53. The Kier molecular flexibility index (Phi) is 6.72. The Balaban J connectivity index is 2.25. The number of hydrogen-bond donors (Lipinski definition) is 0. The molecule has 0 unspecified atom stereocenters. The van der Waals surface area contributed by atoms with Gasteiger partial charge in [0.25, 0.3) is 0 Å². The molecule has 0 bridgehead atoms. The van der Waals surface area contributed by atoms with Gasteiger partial charge in [0.15, 0.2) is 0 Å². The van der Waals surface area contributed by atoms with E-state index in [-0.39, 0.29) is 5.92 Å². The molecule has 2 atom stereocenters. The molecule has 4 nitrogen and oxygen atoms in total. The zero-order valence-corrected chi connectivity index (χ0v) is 11.4. The highest BCUT2D eigenvalue weighted by Crippen LogP contribution is 2.17. The summed E-state index contributed by atoms with van der Waals surface area (Å²) < 4.78 is 5.81. The Bertz CT molecular complexity index is 316. The fraction of sp³-hybridized carbons (Fsp3) is 0.857. The minimum atomic E-state index is -0.0199. The van der Waals surface area contributed by atoms with Crippen LogP contribution in [0.2, 0.25) is 0 Å². The summed E-state index contributed by atoms with van der Waals surface area (Å²) in [7, 11) is 0. The molecule has 100 valence electrons. The first-order valence-electron chi connectivity index (χ1n) is 6.76. The van der Waals surface area contributed by atoms with E-state index in [9.17, 15) is 0 Å². The van der Waals surface area contributed by atoms with E-state index in [1.54, 1.807) is 0 Å². The maximum absolute atomic E-state index is 9.04. The predicted octanol–water partition coefficient (Wildman–Crippen LogP) is 2.18. The molecule has 1 heterocycles. The maximum Gasteiger partial charge on any atom is 0.0714 e. The van der Waals surface area contributed by atoms with E-state index in [4.69, 9.17) is 15.3 Å². The lowest BCUT2D eigenvalue weighted by Crippen LogP contribution is -2.29. The Labute approximate surface area is 110 Å². The van der Waals surface area contributed by atoms with Crippen molar-refractivity contribution in [1.29, 1.82) is 10.5 Å². The third-order valence-electron chi connectivity index (χ3n) is 3.16. The molecule has 0 aromatic carbocycles. The quantitative estimate of drug-likeness (QED) is 0.694. The van der Waals surface area contributed by atoms with Gasteiger partial charge in [-0.1, -0.05) is 13.8 Å². The second kappa shape index (κ2) is 8.08. The van der Waals surface area contributed by atoms with Crippen LogP contribution in [0.25, 0.3) is 0 Å². The van der Waals surface area contributed by atoms with Crippen molar-refractivity contribution >= 4 is 0 Å². The number of likely N-dealkylation sites (tertiary alicyclic amines) is 1. The van der Waals surface area contributed by atoms with Crippen molar-refractivity contribution in [1.82, 2.24) is 4.90 Å². The van der Waals surface area contributed by atoms with Crippen LogP contribution in [0, 0.1) is 34.5 Å². The SMILES string of the molecule is CC(C)CO[C@H]1CCN(C[C@H](C#N)CCC#N)C1. The molecule has 1 saturated heterocycles. The summed E-state index contributed by atoms with van der Waals surface area (Å²) in [5, 5.41) is 17.6. The van der Waals surface area contributed by atoms with Gasteiger partial charge in [-0.3, -0.25) is 4.90 Å². The van der Waals surface area contributed by atoms with Crippen LogP contribution < -0.4 is 0 Å². The molecule has 0 aromatic heterocycles. The standard InChI is InChI=1S/C14H23N3O/c1-12(2)11-18-14-5-7-17(10-14)9-13(8-16)4-3-6-15/h12-14H,3-5,7,9-11H2,1-2H3/t13-,14-/m0/s1. The van der Waals surface area contributed by atoms with Crippen molar-refractivity contribution < 1.29 is 4.74 Å². The molecule has 0 aliphatic carbocycles. The first-order chi connectivity index (χ1) is 8.65. The number of nitriles is 2. The van der Waals surface area contributed by atoms with Crippen LogP contribution in [0.15, 0.2) is 0 Å². The smallest absolute Gasteiger partial charge is 0.0714 e. The summed E-state index contributed by atoms with van der Waals surface area (Å²) in [5.74, 6) is 0.551. The van der Waals surface area contributed by atoms with Crippen molar-refractivity contribution in [3.8, 4) is 12.1 Å². The van der Waals surface area contributed by atoms with E-state index in [1.807, 2.05) is 0 Å². The zero-order valence-electron chi connectivity index (χ0n) is 11.4. The topological polar surface area (TPSA) is 60.0 Å². The van der Waals surface area contributed by atoms with Crippen LogP contribution >= 0.6 is 0 Å². The molecule has 1 fully saturated rings. The van der Waals surface area contributed by atoms with E-state index in [0.29, 0.717) is 24.9 Å². The van der Waals surface area contributed by atoms with Crippen LogP contribution in [0.1, 0.15) is 33.1 Å². The molecule has 1 aliphatic heterocycles. The van der Waals surface area contributed by atoms with E-state index in [0.717, 1.165) is 32.7 Å². The van der Waals surface area contributed by atoms with Crippen molar-refractivity contribution in [2.75, 3.05) is 26.2 Å². The third-order valence-corrected chi connectivity index (χ3v) is 3.16. The van der Waals surface area contributed by atoms with E-state index in [2.05, 4.69) is 30.9 Å². The van der Waals surface area contributed by atoms with E-state index >= 15 is 0 Å². The first-order valence-corrected chi connectivity index (χ1v) is 6.76. The lowest BCUT2D eigenvalue weighted by atomic mass is 10.1. The summed E-state index contributed by atoms with van der Waals surface area (Å²) in [5.41, 5.74) is 0. The third kappa shape index (κ3) is 5.49. The molecule has 0 spiro atoms. The second-order valence-electron chi connectivity index (χ2n) is 5.42. The van der Waals surface area contributed by atoms with Gasteiger partial charge < -0.3 is 4.74 Å². The second-order valence-corrected chi connectivity index (χ2v) is 5.42. The van der Waals surface area contributed by atoms with Gasteiger partial charge in [0.2, 0.25) is 0 Å². The summed E-state index contributed by atoms with van der Waals surface area (Å²) in [6, 6.07) is 4.40. The van der Waals surface area contributed by atoms with Crippen molar-refractivity contribution in [2.24, 2.45) is 11.8 Å². The molecule has 0 aromatic rings. The van der Waals surface area contributed by atoms with Crippen LogP contribution in [0.3, 0.4) is 0 Å². The molecular formula is C14H23N3O. The number of ether oxygens (including phenoxy) is 1. The number of rotatable bonds is 7. The largest absolute Gasteiger partial charge is 0.377 e. The van der Waals surface area contributed by atoms with Gasteiger partial charge in [-0.15, -0.1) is 0 Å². The van der Waals surface area contributed by atoms with Crippen LogP contribution in [-0.2, 0) is 4.74 Å². The van der Waals surface area contributed by atoms with E-state index < -0.39 is 0 Å². The summed E-state index contributed by atoms with van der Waals surface area (Å²) in [4.78, 5) is 2.29. The molecule has 1 rings (SSSR count). The van der Waals surface area contributed by atoms with Gasteiger partial charge in [0, 0.05) is 32.7 Å². The van der Waals surface area contributed by atoms with Crippen LogP contribution in [-0.4, -0.2) is 37.2 Å². The Morgan fingerprint density at radius 1 is 1.39 bits per heavy atom. The van der Waals surface area contributed by atoms with Gasteiger partial charge >= 0.3 is 0 Å². The Morgan fingerprint density at radius 3 is 2.78 bits per heavy atom. The van der Waals surface area contributed by atoms with Crippen LogP contribution in [0.4, 0.5) is 0 Å². The molecule has 1 aliphatic rings. The Hall–Kier alpha value is -1.10. The molecule has 0 N–H and O–H groups in total. The first kappa shape index (κ1) is 15.0. The van der Waals surface area contributed by atoms with Crippen molar-refractivity contribution in [3.63, 3.8) is 0 Å². The maximum atomic E-state index is 9.04. The average Bonchev–Trinajstić information content (AvgIpc) is 2.79. The summed E-state index contributed by atoms with van der Waals surface area (Å²) >= 11 is 0. The van der Waals surface area contributed by atoms with Crippen molar-refractivity contribution in [3.05, 3.63) is 0 Å². The molecule has 0 saturated carbocycles. The fourth-order valence-electron chi connectivity index (χ4n) is 2.17. The zero-order chi connectivity index (χ0) is 13.4. The molecule has 0 amide bonds. The lowest BCUT2D eigenvalue weighted by molar-refractivity contribution is 0.0411. The van der Waals surface area contributed by atoms with E-state index in [1.165, 1.54) is 0 Å². The van der Waals surface area contributed by atoms with Gasteiger partial charge in [0.1, 0.15) is 0 Å². The van der Waals surface area contributed by atoms with Crippen molar-refractivity contribution in [2.45, 2.75) is 39.2 Å². The van der Waals surface area contributed by atoms with Gasteiger partial charge in [-0.2, -0.15) is 10.5 Å². The highest BCUT2D eigenvalue weighted by molar-refractivity contribution is 4.89. The average molecular weight is 249 g/mol. The molecule has 0 radical (unpaired) electrons. The van der Waals surface area contributed by atoms with Gasteiger partial charge in [-0.25, -0.2) is 0 Å². The van der Waals surface area contributed by atoms with Gasteiger partial charge in [-0.05, 0) is 18.8 Å². The minimum absolute atomic E-state index is 0.0199. The lowest BCUT2D eigenvalue weighted by Gasteiger charge is -2.19. The monoisotopic (exact) mass is 249 g/mol. The number of hydrogen-bond acceptors (Lipinski definition) is 4. The fourth-order valence-corrected chi connectivity index (χ4v) is 2.17. The highest BCUT2D eigenvalue weighted by atomic mass is 16.5. The highest BCUT2D eigenvalue weighted by Gasteiger charge is 2.25. The normalized spacial score (nSPS) is 21.7. The molecular weight excluding hydrogens is 226 g/mol. The molecule has 18 heavy (non-hydrogen) atoms. The number of nitrogens with zero attached hydrogens (tertiary/aromatic N) is 3. The van der Waals surface area contributed by atoms with Crippen LogP contribution in [0.5, 0.6) is 0 Å². The summed E-state index contributed by atoms with van der Waals surface area (Å²) in [6.45, 7) is 7.83. The molecule has 4 heteroatoms. The predicted molar refractivity (Wildman–Crippen MR) is 69.6 cm³/mol. The van der Waals surface area contributed by atoms with Gasteiger partial charge in [0.05, 0.1) is 24.2 Å².